The van der Waals surface area contributed by atoms with E-state index in [0.717, 1.165) is 59.2 Å². The van der Waals surface area contributed by atoms with E-state index in [2.05, 4.69) is 39.8 Å². The molecule has 0 aromatic carbocycles. The van der Waals surface area contributed by atoms with E-state index in [1.807, 2.05) is 0 Å². The lowest BCUT2D eigenvalue weighted by Gasteiger charge is -2.43. The molecule has 6 fully saturated rings. The summed E-state index contributed by atoms with van der Waals surface area (Å²) in [6, 6.07) is 5.65. The highest BCUT2D eigenvalue weighted by Gasteiger charge is 2.42. The average molecular weight is 813 g/mol. The van der Waals surface area contributed by atoms with Gasteiger partial charge in [0, 0.05) is 0 Å². The second-order valence-corrected chi connectivity index (χ2v) is 23.0. The first kappa shape index (κ1) is 49.0. The Balaban J connectivity index is 0.000000224. The van der Waals surface area contributed by atoms with E-state index < -0.39 is 0 Å². The van der Waals surface area contributed by atoms with E-state index in [0.29, 0.717) is 0 Å². The second kappa shape index (κ2) is 26.6. The maximum atomic E-state index is 10.0. The van der Waals surface area contributed by atoms with Crippen LogP contribution in [0.1, 0.15) is 278 Å². The number of hydrogen-bond acceptors (Lipinski definition) is 2. The third-order valence-electron chi connectivity index (χ3n) is 19.0. The molecule has 6 saturated carbocycles. The lowest BCUT2D eigenvalue weighted by atomic mass is 9.61. The number of unbranched alkanes of at least 4 members (excludes halogenated alkanes) is 7. The van der Waals surface area contributed by atoms with Gasteiger partial charge in [-0.1, -0.05) is 163 Å². The van der Waals surface area contributed by atoms with Crippen LogP contribution in [0.2, 0.25) is 0 Å². The van der Waals surface area contributed by atoms with Gasteiger partial charge < -0.3 is 0 Å². The summed E-state index contributed by atoms with van der Waals surface area (Å²) in [4.78, 5) is 0. The fourth-order valence-corrected chi connectivity index (χ4v) is 15.1. The van der Waals surface area contributed by atoms with Crippen LogP contribution in [0.25, 0.3) is 0 Å². The molecule has 0 aliphatic heterocycles. The van der Waals surface area contributed by atoms with Gasteiger partial charge in [0.2, 0.25) is 0 Å². The van der Waals surface area contributed by atoms with Crippen LogP contribution in [-0.4, -0.2) is 0 Å². The molecule has 338 valence electrons. The summed E-state index contributed by atoms with van der Waals surface area (Å²) >= 11 is 0. The van der Waals surface area contributed by atoms with Crippen molar-refractivity contribution in [3.8, 4) is 12.1 Å². The lowest BCUT2D eigenvalue weighted by Crippen LogP contribution is -2.34. The zero-order chi connectivity index (χ0) is 41.8. The SMILES string of the molecule is CCCCCC1(C#N)CCCC(C2CCC([C@H]3CC[C@H](CCCC)CC3)CC2)C1.CCCCCC1(C#N)CCCC(C2CCC([C@H]3CC[C@H](CCCCC)CC3)CC2)C1. The molecule has 2 nitrogen and oxygen atoms in total. The Bertz CT molecular complexity index is 1180. The minimum Gasteiger partial charge on any atom is -0.198 e. The van der Waals surface area contributed by atoms with Gasteiger partial charge in [-0.3, -0.25) is 0 Å². The quantitative estimate of drug-likeness (QED) is 0.122. The molecule has 6 aliphatic carbocycles. The van der Waals surface area contributed by atoms with E-state index in [1.165, 1.54) is 250 Å². The highest BCUT2D eigenvalue weighted by Crippen LogP contribution is 2.52. The molecule has 0 bridgehead atoms. The predicted molar refractivity (Wildman–Crippen MR) is 254 cm³/mol. The summed E-state index contributed by atoms with van der Waals surface area (Å²) in [5.74, 6) is 9.86. The zero-order valence-corrected chi connectivity index (χ0v) is 40.2. The van der Waals surface area contributed by atoms with Crippen LogP contribution in [0.5, 0.6) is 0 Å². The molecule has 59 heavy (non-hydrogen) atoms. The number of nitriles is 2. The van der Waals surface area contributed by atoms with Crippen LogP contribution in [0.4, 0.5) is 0 Å². The summed E-state index contributed by atoms with van der Waals surface area (Å²) in [6.45, 7) is 9.22. The Morgan fingerprint density at radius 2 is 0.661 bits per heavy atom. The standard InChI is InChI=1S/C29H51N.C28H49N/c1-3-5-7-10-24-12-14-25(15-13-24)26-16-18-27(19-17-26)28-11-9-21-29(22-28,23-30)20-8-6-4-2;1-3-5-7-19-28(22-29)20-8-10-27(21-28)26-17-15-25(16-18-26)24-13-11-23(12-14-24)9-6-4-2/h24-28H,3-22H2,1-2H3;23-27H,3-21H2,1-2H3/t24-,25-,26?,27?,28?,29?;23-,24-,25?,26?,27?,28?. The van der Waals surface area contributed by atoms with Crippen LogP contribution < -0.4 is 0 Å². The molecule has 0 aromatic heterocycles. The predicted octanol–water partition coefficient (Wildman–Crippen LogP) is 18.5. The van der Waals surface area contributed by atoms with Crippen LogP contribution in [0, 0.1) is 92.7 Å². The van der Waals surface area contributed by atoms with Crippen LogP contribution >= 0.6 is 0 Å². The summed E-state index contributed by atoms with van der Waals surface area (Å²) < 4.78 is 0. The fourth-order valence-electron chi connectivity index (χ4n) is 15.1. The molecule has 4 unspecified atom stereocenters. The molecule has 2 heteroatoms. The van der Waals surface area contributed by atoms with Gasteiger partial charge in [0.25, 0.3) is 0 Å². The average Bonchev–Trinajstić information content (AvgIpc) is 3.29. The van der Waals surface area contributed by atoms with Crippen LogP contribution in [0.15, 0.2) is 0 Å². The Labute approximate surface area is 369 Å². The van der Waals surface area contributed by atoms with Crippen molar-refractivity contribution < 1.29 is 0 Å². The first-order valence-corrected chi connectivity index (χ1v) is 27.7. The molecule has 0 spiro atoms. The first-order valence-electron chi connectivity index (χ1n) is 27.7. The first-order chi connectivity index (χ1) is 28.9. The molecule has 6 rings (SSSR count). The van der Waals surface area contributed by atoms with Gasteiger partial charge in [0.1, 0.15) is 0 Å². The third-order valence-corrected chi connectivity index (χ3v) is 19.0. The topological polar surface area (TPSA) is 47.6 Å². The second-order valence-electron chi connectivity index (χ2n) is 23.0. The van der Waals surface area contributed by atoms with Gasteiger partial charge in [-0.25, -0.2) is 0 Å². The number of hydrogen-bond donors (Lipinski definition) is 0. The monoisotopic (exact) mass is 813 g/mol. The van der Waals surface area contributed by atoms with Crippen molar-refractivity contribution in [2.75, 3.05) is 0 Å². The van der Waals surface area contributed by atoms with Crippen molar-refractivity contribution in [3.05, 3.63) is 0 Å². The van der Waals surface area contributed by atoms with Crippen molar-refractivity contribution in [2.24, 2.45) is 70.0 Å². The minimum atomic E-state index is 0.0328. The molecule has 0 radical (unpaired) electrons. The minimum absolute atomic E-state index is 0.0328. The maximum Gasteiger partial charge on any atom is 0.0689 e. The Hall–Kier alpha value is -1.02. The van der Waals surface area contributed by atoms with Crippen molar-refractivity contribution in [1.29, 1.82) is 10.5 Å². The largest absolute Gasteiger partial charge is 0.198 e. The molecular formula is C57H100N2. The molecule has 0 aromatic rings. The Morgan fingerprint density at radius 1 is 0.356 bits per heavy atom. The highest BCUT2D eigenvalue weighted by atomic mass is 14.5. The summed E-state index contributed by atoms with van der Waals surface area (Å²) in [6.07, 6.45) is 54.5. The van der Waals surface area contributed by atoms with E-state index >= 15 is 0 Å². The van der Waals surface area contributed by atoms with E-state index in [4.69, 9.17) is 0 Å². The third kappa shape index (κ3) is 15.3. The molecule has 4 atom stereocenters. The van der Waals surface area contributed by atoms with Crippen molar-refractivity contribution in [1.82, 2.24) is 0 Å². The van der Waals surface area contributed by atoms with Gasteiger partial charge in [-0.15, -0.1) is 0 Å². The highest BCUT2D eigenvalue weighted by molar-refractivity contribution is 5.04. The fraction of sp³-hybridized carbons (Fsp3) is 0.965. The van der Waals surface area contributed by atoms with Crippen LogP contribution in [-0.2, 0) is 0 Å². The van der Waals surface area contributed by atoms with Crippen molar-refractivity contribution >= 4 is 0 Å². The summed E-state index contributed by atoms with van der Waals surface area (Å²) in [5, 5.41) is 20.0. The van der Waals surface area contributed by atoms with Gasteiger partial charge in [0.15, 0.2) is 0 Å². The molecule has 0 saturated heterocycles. The van der Waals surface area contributed by atoms with Gasteiger partial charge in [0.05, 0.1) is 23.0 Å². The molecule has 0 amide bonds. The maximum absolute atomic E-state index is 10.0. The van der Waals surface area contributed by atoms with E-state index in [1.54, 1.807) is 0 Å². The Morgan fingerprint density at radius 3 is 1.00 bits per heavy atom. The smallest absolute Gasteiger partial charge is 0.0689 e. The van der Waals surface area contributed by atoms with Gasteiger partial charge in [-0.05, 0) is 175 Å². The molecule has 6 aliphatic rings. The summed E-state index contributed by atoms with van der Waals surface area (Å²) in [5.41, 5.74) is 0.0664. The number of rotatable bonds is 19. The molecular weight excluding hydrogens is 713 g/mol. The Kier molecular flexibility index (Phi) is 22.1. The summed E-state index contributed by atoms with van der Waals surface area (Å²) in [7, 11) is 0. The van der Waals surface area contributed by atoms with E-state index in [9.17, 15) is 10.5 Å². The van der Waals surface area contributed by atoms with Crippen LogP contribution in [0.3, 0.4) is 0 Å². The van der Waals surface area contributed by atoms with Crippen molar-refractivity contribution in [3.63, 3.8) is 0 Å². The number of nitrogens with zero attached hydrogens (tertiary/aromatic N) is 2. The van der Waals surface area contributed by atoms with Gasteiger partial charge >= 0.3 is 0 Å². The zero-order valence-electron chi connectivity index (χ0n) is 40.2. The normalized spacial score (nSPS) is 38.0. The molecule has 0 heterocycles. The van der Waals surface area contributed by atoms with Crippen molar-refractivity contribution in [2.45, 2.75) is 278 Å². The van der Waals surface area contributed by atoms with Gasteiger partial charge in [-0.2, -0.15) is 10.5 Å². The lowest BCUT2D eigenvalue weighted by molar-refractivity contribution is 0.0813. The van der Waals surface area contributed by atoms with E-state index in [-0.39, 0.29) is 10.8 Å². The molecule has 0 N–H and O–H groups in total.